The van der Waals surface area contributed by atoms with Gasteiger partial charge in [0.15, 0.2) is 0 Å². The highest BCUT2D eigenvalue weighted by Gasteiger charge is 2.46. The van der Waals surface area contributed by atoms with Gasteiger partial charge in [-0.25, -0.2) is 0 Å². The van der Waals surface area contributed by atoms with Crippen molar-refractivity contribution in [2.24, 2.45) is 0 Å². The van der Waals surface area contributed by atoms with E-state index in [1.807, 2.05) is 68.4 Å². The smallest absolute Gasteiger partial charge is 0.295 e. The maximum atomic E-state index is 13.1. The number of carbonyl (C=O) groups excluding carboxylic acids is 2. The van der Waals surface area contributed by atoms with Gasteiger partial charge in [-0.1, -0.05) is 67.1 Å². The molecule has 1 saturated heterocycles. The molecule has 168 valence electrons. The molecule has 1 aliphatic rings. The number of aliphatic hydroxyl groups is 1. The fourth-order valence-corrected chi connectivity index (χ4v) is 4.00. The molecule has 1 amide bonds. The Balaban J connectivity index is 1.78. The average molecular weight is 442 g/mol. The van der Waals surface area contributed by atoms with E-state index in [-0.39, 0.29) is 17.9 Å². The molecule has 1 unspecified atom stereocenters. The predicted octanol–water partition coefficient (Wildman–Crippen LogP) is 5.41. The Kier molecular flexibility index (Phi) is 6.59. The topological polar surface area (TPSA) is 66.8 Å². The van der Waals surface area contributed by atoms with Gasteiger partial charge in [0.1, 0.15) is 11.5 Å². The Morgan fingerprint density at radius 1 is 0.939 bits per heavy atom. The number of ether oxygens (including phenoxy) is 1. The maximum Gasteiger partial charge on any atom is 0.295 e. The molecule has 0 radical (unpaired) electrons. The lowest BCUT2D eigenvalue weighted by molar-refractivity contribution is -0.140. The molecule has 1 heterocycles. The van der Waals surface area contributed by atoms with Crippen LogP contribution < -0.4 is 4.74 Å². The summed E-state index contributed by atoms with van der Waals surface area (Å²) in [6.07, 6.45) is 0.892. The van der Waals surface area contributed by atoms with Crippen molar-refractivity contribution in [1.82, 2.24) is 4.90 Å². The molecule has 0 saturated carbocycles. The lowest BCUT2D eigenvalue weighted by Gasteiger charge is -2.25. The van der Waals surface area contributed by atoms with Gasteiger partial charge in [0.2, 0.25) is 0 Å². The number of carbonyl (C=O) groups is 2. The number of amides is 1. The second-order valence-electron chi connectivity index (χ2n) is 8.20. The summed E-state index contributed by atoms with van der Waals surface area (Å²) in [6.45, 7) is 4.88. The summed E-state index contributed by atoms with van der Waals surface area (Å²) in [7, 11) is 0. The standard InChI is InChI=1S/C28H27NO4/c1-3-17-33-23-15-13-22(14-16-23)26(30)24-25(21-11-9-19(2)10-12-21)29(28(32)27(24)31)18-20-7-5-4-6-8-20/h4-16,25,30H,3,17-18H2,1-2H3. The van der Waals surface area contributed by atoms with Crippen LogP contribution in [-0.4, -0.2) is 28.3 Å². The molecule has 3 aromatic rings. The summed E-state index contributed by atoms with van der Waals surface area (Å²) in [6, 6.07) is 23.5. The molecule has 0 aliphatic carbocycles. The van der Waals surface area contributed by atoms with E-state index in [2.05, 4.69) is 0 Å². The highest BCUT2D eigenvalue weighted by atomic mass is 16.5. The minimum absolute atomic E-state index is 0.0991. The third kappa shape index (κ3) is 4.67. The third-order valence-corrected chi connectivity index (χ3v) is 5.73. The average Bonchev–Trinajstić information content (AvgIpc) is 3.08. The molecule has 0 bridgehead atoms. The number of Topliss-reactive ketones (excluding diaryl/α,β-unsaturated/α-hetero) is 1. The molecular formula is C28H27NO4. The summed E-state index contributed by atoms with van der Waals surface area (Å²) < 4.78 is 5.61. The Morgan fingerprint density at radius 3 is 2.24 bits per heavy atom. The van der Waals surface area contributed by atoms with E-state index >= 15 is 0 Å². The Labute approximate surface area is 193 Å². The number of rotatable bonds is 7. The lowest BCUT2D eigenvalue weighted by atomic mass is 9.94. The van der Waals surface area contributed by atoms with Gasteiger partial charge in [-0.3, -0.25) is 9.59 Å². The van der Waals surface area contributed by atoms with E-state index in [9.17, 15) is 14.7 Å². The van der Waals surface area contributed by atoms with Gasteiger partial charge in [-0.2, -0.15) is 0 Å². The predicted molar refractivity (Wildman–Crippen MR) is 128 cm³/mol. The lowest BCUT2D eigenvalue weighted by Crippen LogP contribution is -2.29. The zero-order chi connectivity index (χ0) is 23.4. The Bertz CT molecular complexity index is 1160. The number of aryl methyl sites for hydroxylation is 1. The summed E-state index contributed by atoms with van der Waals surface area (Å²) in [4.78, 5) is 27.8. The van der Waals surface area contributed by atoms with Crippen LogP contribution in [0, 0.1) is 6.92 Å². The van der Waals surface area contributed by atoms with Crippen molar-refractivity contribution in [3.8, 4) is 5.75 Å². The minimum atomic E-state index is -0.680. The third-order valence-electron chi connectivity index (χ3n) is 5.73. The first-order valence-electron chi connectivity index (χ1n) is 11.1. The molecule has 1 atom stereocenters. The van der Waals surface area contributed by atoms with E-state index in [1.165, 1.54) is 4.90 Å². The van der Waals surface area contributed by atoms with Gasteiger partial charge < -0.3 is 14.7 Å². The van der Waals surface area contributed by atoms with Crippen molar-refractivity contribution in [3.63, 3.8) is 0 Å². The van der Waals surface area contributed by atoms with E-state index in [0.717, 1.165) is 23.1 Å². The SMILES string of the molecule is CCCOc1ccc(C(O)=C2C(=O)C(=O)N(Cc3ccccc3)C2c2ccc(C)cc2)cc1. The van der Waals surface area contributed by atoms with Crippen molar-refractivity contribution in [3.05, 3.63) is 107 Å². The molecule has 5 heteroatoms. The molecular weight excluding hydrogens is 414 g/mol. The van der Waals surface area contributed by atoms with E-state index in [0.29, 0.717) is 17.9 Å². The number of aliphatic hydroxyl groups excluding tert-OH is 1. The van der Waals surface area contributed by atoms with Crippen molar-refractivity contribution >= 4 is 17.4 Å². The molecule has 0 spiro atoms. The zero-order valence-electron chi connectivity index (χ0n) is 18.8. The van der Waals surface area contributed by atoms with Crippen molar-refractivity contribution in [2.45, 2.75) is 32.9 Å². The first-order chi connectivity index (χ1) is 16.0. The van der Waals surface area contributed by atoms with Crippen molar-refractivity contribution < 1.29 is 19.4 Å². The van der Waals surface area contributed by atoms with E-state index < -0.39 is 17.7 Å². The second kappa shape index (κ2) is 9.74. The normalized spacial score (nSPS) is 17.4. The number of nitrogens with zero attached hydrogens (tertiary/aromatic N) is 1. The van der Waals surface area contributed by atoms with Crippen LogP contribution in [0.1, 0.15) is 41.6 Å². The molecule has 3 aromatic carbocycles. The monoisotopic (exact) mass is 441 g/mol. The van der Waals surface area contributed by atoms with Crippen LogP contribution in [0.3, 0.4) is 0 Å². The number of hydrogen-bond donors (Lipinski definition) is 1. The quantitative estimate of drug-likeness (QED) is 0.303. The van der Waals surface area contributed by atoms with Gasteiger partial charge in [0.25, 0.3) is 11.7 Å². The molecule has 4 rings (SSSR count). The van der Waals surface area contributed by atoms with Gasteiger partial charge >= 0.3 is 0 Å². The second-order valence-corrected chi connectivity index (χ2v) is 8.20. The van der Waals surface area contributed by atoms with E-state index in [1.54, 1.807) is 24.3 Å². The van der Waals surface area contributed by atoms with Crippen LogP contribution in [0.25, 0.3) is 5.76 Å². The summed E-state index contributed by atoms with van der Waals surface area (Å²) in [5.74, 6) is -0.793. The molecule has 0 aromatic heterocycles. The summed E-state index contributed by atoms with van der Waals surface area (Å²) in [5.41, 5.74) is 3.33. The first kappa shape index (κ1) is 22.3. The largest absolute Gasteiger partial charge is 0.507 e. The molecule has 1 fully saturated rings. The zero-order valence-corrected chi connectivity index (χ0v) is 18.8. The van der Waals surface area contributed by atoms with Gasteiger partial charge in [-0.05, 0) is 48.7 Å². The number of ketones is 1. The van der Waals surface area contributed by atoms with Crippen molar-refractivity contribution in [2.75, 3.05) is 6.61 Å². The molecule has 1 aliphatic heterocycles. The van der Waals surface area contributed by atoms with Crippen LogP contribution in [0.2, 0.25) is 0 Å². The van der Waals surface area contributed by atoms with E-state index in [4.69, 9.17) is 4.74 Å². The van der Waals surface area contributed by atoms with Crippen LogP contribution in [0.15, 0.2) is 84.4 Å². The number of hydrogen-bond acceptors (Lipinski definition) is 4. The number of likely N-dealkylation sites (tertiary alicyclic amines) is 1. The fourth-order valence-electron chi connectivity index (χ4n) is 4.00. The highest BCUT2D eigenvalue weighted by Crippen LogP contribution is 2.40. The Morgan fingerprint density at radius 2 is 1.61 bits per heavy atom. The van der Waals surface area contributed by atoms with Gasteiger partial charge in [0.05, 0.1) is 18.2 Å². The maximum absolute atomic E-state index is 13.1. The number of benzene rings is 3. The van der Waals surface area contributed by atoms with Crippen LogP contribution in [-0.2, 0) is 16.1 Å². The summed E-state index contributed by atoms with van der Waals surface area (Å²) in [5, 5.41) is 11.2. The van der Waals surface area contributed by atoms with Gasteiger partial charge in [-0.15, -0.1) is 0 Å². The molecule has 33 heavy (non-hydrogen) atoms. The van der Waals surface area contributed by atoms with Crippen LogP contribution in [0.4, 0.5) is 0 Å². The van der Waals surface area contributed by atoms with Crippen LogP contribution in [0.5, 0.6) is 5.75 Å². The first-order valence-corrected chi connectivity index (χ1v) is 11.1. The highest BCUT2D eigenvalue weighted by molar-refractivity contribution is 6.46. The summed E-state index contributed by atoms with van der Waals surface area (Å²) >= 11 is 0. The molecule has 1 N–H and O–H groups in total. The molecule has 5 nitrogen and oxygen atoms in total. The minimum Gasteiger partial charge on any atom is -0.507 e. The van der Waals surface area contributed by atoms with Gasteiger partial charge in [0, 0.05) is 12.1 Å². The fraction of sp³-hybridized carbons (Fsp3) is 0.214. The van der Waals surface area contributed by atoms with Crippen LogP contribution >= 0.6 is 0 Å². The van der Waals surface area contributed by atoms with Crippen molar-refractivity contribution in [1.29, 1.82) is 0 Å². The Hall–Kier alpha value is -3.86.